The van der Waals surface area contributed by atoms with Crippen LogP contribution in [0, 0.1) is 0 Å². The average molecular weight is 225 g/mol. The summed E-state index contributed by atoms with van der Waals surface area (Å²) in [5, 5.41) is 1.12. The van der Waals surface area contributed by atoms with Gasteiger partial charge >= 0.3 is 0 Å². The van der Waals surface area contributed by atoms with Crippen LogP contribution in [-0.2, 0) is 5.41 Å². The van der Waals surface area contributed by atoms with E-state index in [0.717, 1.165) is 16.6 Å². The van der Waals surface area contributed by atoms with Gasteiger partial charge < -0.3 is 0 Å². The lowest BCUT2D eigenvalue weighted by molar-refractivity contribution is 0.591. The normalized spacial score (nSPS) is 12.4. The van der Waals surface area contributed by atoms with Crippen molar-refractivity contribution in [3.05, 3.63) is 42.5 Å². The minimum atomic E-state index is 0.146. The Labute approximate surface area is 100 Å². The zero-order valence-corrected chi connectivity index (χ0v) is 10.3. The lowest BCUT2D eigenvalue weighted by Crippen LogP contribution is -2.10. The molecule has 3 rings (SSSR count). The summed E-state index contributed by atoms with van der Waals surface area (Å²) in [6, 6.07) is 6.42. The van der Waals surface area contributed by atoms with Crippen LogP contribution in [0.5, 0.6) is 0 Å². The minimum Gasteiger partial charge on any atom is -0.290 e. The van der Waals surface area contributed by atoms with Crippen LogP contribution in [0.4, 0.5) is 0 Å². The van der Waals surface area contributed by atoms with Crippen molar-refractivity contribution in [2.45, 2.75) is 26.2 Å². The van der Waals surface area contributed by atoms with Crippen molar-refractivity contribution in [1.82, 2.24) is 14.4 Å². The summed E-state index contributed by atoms with van der Waals surface area (Å²) >= 11 is 0. The van der Waals surface area contributed by atoms with E-state index in [0.29, 0.717) is 0 Å². The van der Waals surface area contributed by atoms with Crippen LogP contribution in [0.3, 0.4) is 0 Å². The maximum atomic E-state index is 4.43. The molecule has 3 nitrogen and oxygen atoms in total. The van der Waals surface area contributed by atoms with Crippen molar-refractivity contribution in [3.8, 4) is 0 Å². The van der Waals surface area contributed by atoms with Crippen molar-refractivity contribution in [3.63, 3.8) is 0 Å². The number of imidazole rings is 1. The van der Waals surface area contributed by atoms with Gasteiger partial charge in [0.25, 0.3) is 0 Å². The van der Waals surface area contributed by atoms with Gasteiger partial charge in [0.1, 0.15) is 12.0 Å². The maximum Gasteiger partial charge on any atom is 0.147 e. The number of hydrogen-bond donors (Lipinski definition) is 0. The molecule has 0 saturated carbocycles. The molecule has 0 atom stereocenters. The predicted octanol–water partition coefficient (Wildman–Crippen LogP) is 3.18. The number of nitrogens with zero attached hydrogens (tertiary/aromatic N) is 3. The van der Waals surface area contributed by atoms with E-state index in [-0.39, 0.29) is 5.41 Å². The average Bonchev–Trinajstić information content (AvgIpc) is 2.75. The van der Waals surface area contributed by atoms with Crippen LogP contribution in [0.1, 0.15) is 26.3 Å². The van der Waals surface area contributed by atoms with E-state index >= 15 is 0 Å². The van der Waals surface area contributed by atoms with Crippen LogP contribution in [0.15, 0.2) is 36.9 Å². The number of fused-ring (bicyclic) bond motifs is 3. The zero-order chi connectivity index (χ0) is 12.0. The SMILES string of the molecule is CC(C)(C)c1ccc2ncn3ccnc3c2c1. The third kappa shape index (κ3) is 1.58. The molecule has 0 aliphatic carbocycles. The molecule has 0 bridgehead atoms. The minimum absolute atomic E-state index is 0.146. The van der Waals surface area contributed by atoms with Gasteiger partial charge in [0.05, 0.1) is 5.52 Å². The Bertz CT molecular complexity index is 689. The molecule has 0 aliphatic rings. The highest BCUT2D eigenvalue weighted by Gasteiger charge is 2.14. The van der Waals surface area contributed by atoms with E-state index in [1.54, 1.807) is 12.5 Å². The highest BCUT2D eigenvalue weighted by Crippen LogP contribution is 2.26. The molecule has 0 saturated heterocycles. The van der Waals surface area contributed by atoms with Gasteiger partial charge in [-0.3, -0.25) is 4.40 Å². The topological polar surface area (TPSA) is 30.2 Å². The van der Waals surface area contributed by atoms with E-state index in [1.807, 2.05) is 10.6 Å². The van der Waals surface area contributed by atoms with E-state index < -0.39 is 0 Å². The fraction of sp³-hybridized carbons (Fsp3) is 0.286. The number of rotatable bonds is 0. The van der Waals surface area contributed by atoms with E-state index in [2.05, 4.69) is 48.9 Å². The van der Waals surface area contributed by atoms with Gasteiger partial charge in [-0.2, -0.15) is 0 Å². The van der Waals surface area contributed by atoms with Crippen molar-refractivity contribution >= 4 is 16.6 Å². The third-order valence-electron chi connectivity index (χ3n) is 3.09. The Kier molecular flexibility index (Phi) is 1.99. The summed E-state index contributed by atoms with van der Waals surface area (Å²) in [7, 11) is 0. The fourth-order valence-electron chi connectivity index (χ4n) is 2.03. The van der Waals surface area contributed by atoms with Crippen molar-refractivity contribution < 1.29 is 0 Å². The molecule has 3 heteroatoms. The van der Waals surface area contributed by atoms with Gasteiger partial charge in [0.15, 0.2) is 0 Å². The first-order chi connectivity index (χ1) is 8.05. The first kappa shape index (κ1) is 10.3. The molecule has 86 valence electrons. The summed E-state index contributed by atoms with van der Waals surface area (Å²) in [6.45, 7) is 6.65. The molecule has 0 aliphatic heterocycles. The van der Waals surface area contributed by atoms with Crippen LogP contribution in [-0.4, -0.2) is 14.4 Å². The van der Waals surface area contributed by atoms with E-state index in [4.69, 9.17) is 0 Å². The van der Waals surface area contributed by atoms with Crippen LogP contribution < -0.4 is 0 Å². The Morgan fingerprint density at radius 2 is 1.94 bits per heavy atom. The molecule has 0 fully saturated rings. The van der Waals surface area contributed by atoms with Crippen molar-refractivity contribution in [2.24, 2.45) is 0 Å². The molecule has 2 aromatic heterocycles. The second kappa shape index (κ2) is 3.29. The second-order valence-electron chi connectivity index (χ2n) is 5.38. The zero-order valence-electron chi connectivity index (χ0n) is 10.3. The van der Waals surface area contributed by atoms with Crippen LogP contribution in [0.2, 0.25) is 0 Å². The largest absolute Gasteiger partial charge is 0.290 e. The summed E-state index contributed by atoms with van der Waals surface area (Å²) in [4.78, 5) is 8.82. The van der Waals surface area contributed by atoms with Crippen molar-refractivity contribution in [1.29, 1.82) is 0 Å². The van der Waals surface area contributed by atoms with Gasteiger partial charge in [-0.15, -0.1) is 0 Å². The highest BCUT2D eigenvalue weighted by molar-refractivity contribution is 5.91. The molecule has 0 amide bonds. The Balaban J connectivity index is 2.40. The van der Waals surface area contributed by atoms with Gasteiger partial charge in [-0.05, 0) is 23.1 Å². The molecular weight excluding hydrogens is 210 g/mol. The molecule has 1 aromatic carbocycles. The van der Waals surface area contributed by atoms with E-state index in [1.165, 1.54) is 5.56 Å². The molecular formula is C14H15N3. The highest BCUT2D eigenvalue weighted by atomic mass is 15.0. The summed E-state index contributed by atoms with van der Waals surface area (Å²) < 4.78 is 1.95. The summed E-state index contributed by atoms with van der Waals surface area (Å²) in [6.07, 6.45) is 5.53. The van der Waals surface area contributed by atoms with E-state index in [9.17, 15) is 0 Å². The number of hydrogen-bond acceptors (Lipinski definition) is 2. The Morgan fingerprint density at radius 1 is 1.12 bits per heavy atom. The monoisotopic (exact) mass is 225 g/mol. The van der Waals surface area contributed by atoms with Crippen LogP contribution in [0.25, 0.3) is 16.6 Å². The standard InChI is InChI=1S/C14H15N3/c1-14(2,3)10-4-5-12-11(8-10)13-15-6-7-17(13)9-16-12/h4-9H,1-3H3. The lowest BCUT2D eigenvalue weighted by Gasteiger charge is -2.19. The van der Waals surface area contributed by atoms with Gasteiger partial charge in [-0.1, -0.05) is 26.8 Å². The quantitative estimate of drug-likeness (QED) is 0.588. The molecule has 0 N–H and O–H groups in total. The molecule has 0 spiro atoms. The molecule has 3 aromatic rings. The first-order valence-corrected chi connectivity index (χ1v) is 5.77. The third-order valence-corrected chi connectivity index (χ3v) is 3.09. The van der Waals surface area contributed by atoms with Gasteiger partial charge in [-0.25, -0.2) is 9.97 Å². The number of aromatic nitrogens is 3. The summed E-state index contributed by atoms with van der Waals surface area (Å²) in [5.41, 5.74) is 3.42. The second-order valence-corrected chi connectivity index (χ2v) is 5.38. The Morgan fingerprint density at radius 3 is 2.71 bits per heavy atom. The van der Waals surface area contributed by atoms with Crippen molar-refractivity contribution in [2.75, 3.05) is 0 Å². The number of benzene rings is 1. The van der Waals surface area contributed by atoms with Gasteiger partial charge in [0.2, 0.25) is 0 Å². The molecule has 17 heavy (non-hydrogen) atoms. The molecule has 0 radical (unpaired) electrons. The smallest absolute Gasteiger partial charge is 0.147 e. The molecule has 2 heterocycles. The van der Waals surface area contributed by atoms with Crippen LogP contribution >= 0.6 is 0 Å². The predicted molar refractivity (Wildman–Crippen MR) is 69.2 cm³/mol. The maximum absolute atomic E-state index is 4.43. The lowest BCUT2D eigenvalue weighted by atomic mass is 9.86. The summed E-state index contributed by atoms with van der Waals surface area (Å²) in [5.74, 6) is 0. The fourth-order valence-corrected chi connectivity index (χ4v) is 2.03. The Hall–Kier alpha value is -1.90. The first-order valence-electron chi connectivity index (χ1n) is 5.77. The molecule has 0 unspecified atom stereocenters. The van der Waals surface area contributed by atoms with Gasteiger partial charge in [0, 0.05) is 17.8 Å².